The molecule has 3 heteroatoms. The monoisotopic (exact) mass is 214 g/mol. The van der Waals surface area contributed by atoms with E-state index in [2.05, 4.69) is 6.07 Å². The summed E-state index contributed by atoms with van der Waals surface area (Å²) in [5, 5.41) is 9.06. The number of nitriles is 1. The third kappa shape index (κ3) is 1.53. The van der Waals surface area contributed by atoms with Crippen LogP contribution in [0, 0.1) is 11.3 Å². The molecule has 1 aromatic rings. The maximum absolute atomic E-state index is 9.06. The standard InChI is InChI=1S/C13H14N2O/c1-9-12(8-14)16-11-7-5-4-6-10(11)13(9)15(2)3/h4-7,12H,1-3H3. The SMILES string of the molecule is CC1=C(N(C)C)c2ccccc2OC1C#N. The average Bonchev–Trinajstić information content (AvgIpc) is 2.27. The molecule has 1 unspecified atom stereocenters. The fourth-order valence-corrected chi connectivity index (χ4v) is 2.03. The van der Waals surface area contributed by atoms with Crippen LogP contribution < -0.4 is 4.74 Å². The third-order valence-electron chi connectivity index (χ3n) is 2.72. The van der Waals surface area contributed by atoms with Crippen LogP contribution in [0.3, 0.4) is 0 Å². The van der Waals surface area contributed by atoms with Gasteiger partial charge in [0.15, 0.2) is 0 Å². The Bertz CT molecular complexity index is 483. The van der Waals surface area contributed by atoms with Crippen molar-refractivity contribution in [1.29, 1.82) is 5.26 Å². The Kier molecular flexibility index (Phi) is 2.57. The van der Waals surface area contributed by atoms with Crippen molar-refractivity contribution in [2.75, 3.05) is 14.1 Å². The maximum atomic E-state index is 9.06. The van der Waals surface area contributed by atoms with E-state index in [0.29, 0.717) is 0 Å². The van der Waals surface area contributed by atoms with Crippen LogP contribution in [0.1, 0.15) is 12.5 Å². The number of rotatable bonds is 1. The lowest BCUT2D eigenvalue weighted by atomic mass is 9.99. The van der Waals surface area contributed by atoms with Gasteiger partial charge in [0.2, 0.25) is 6.10 Å². The molecule has 0 aromatic heterocycles. The molecular weight excluding hydrogens is 200 g/mol. The molecule has 0 N–H and O–H groups in total. The van der Waals surface area contributed by atoms with E-state index in [1.807, 2.05) is 50.2 Å². The molecule has 0 saturated carbocycles. The first-order chi connectivity index (χ1) is 7.65. The number of nitrogens with zero attached hydrogens (tertiary/aromatic N) is 2. The zero-order valence-corrected chi connectivity index (χ0v) is 9.69. The Morgan fingerprint density at radius 3 is 2.62 bits per heavy atom. The van der Waals surface area contributed by atoms with Gasteiger partial charge in [-0.25, -0.2) is 0 Å². The molecule has 1 atom stereocenters. The summed E-state index contributed by atoms with van der Waals surface area (Å²) in [7, 11) is 3.96. The first kappa shape index (κ1) is 10.6. The second-order valence-corrected chi connectivity index (χ2v) is 4.05. The van der Waals surface area contributed by atoms with E-state index >= 15 is 0 Å². The van der Waals surface area contributed by atoms with Crippen molar-refractivity contribution in [3.8, 4) is 11.8 Å². The lowest BCUT2D eigenvalue weighted by Gasteiger charge is -2.29. The minimum atomic E-state index is -0.479. The molecule has 1 aromatic carbocycles. The maximum Gasteiger partial charge on any atom is 0.207 e. The van der Waals surface area contributed by atoms with Crippen molar-refractivity contribution in [3.63, 3.8) is 0 Å². The van der Waals surface area contributed by atoms with Crippen LogP contribution >= 0.6 is 0 Å². The van der Waals surface area contributed by atoms with Crippen LogP contribution in [0.15, 0.2) is 29.8 Å². The summed E-state index contributed by atoms with van der Waals surface area (Å²) in [6, 6.07) is 9.98. The van der Waals surface area contributed by atoms with Gasteiger partial charge in [-0.3, -0.25) is 0 Å². The lowest BCUT2D eigenvalue weighted by Crippen LogP contribution is -2.26. The second kappa shape index (κ2) is 3.90. The Morgan fingerprint density at radius 2 is 2.00 bits per heavy atom. The van der Waals surface area contributed by atoms with Gasteiger partial charge in [0.1, 0.15) is 11.8 Å². The summed E-state index contributed by atoms with van der Waals surface area (Å²) in [5.74, 6) is 0.781. The van der Waals surface area contributed by atoms with Crippen molar-refractivity contribution in [1.82, 2.24) is 4.90 Å². The molecule has 0 radical (unpaired) electrons. The summed E-state index contributed by atoms with van der Waals surface area (Å²) in [6.07, 6.45) is -0.479. The first-order valence-electron chi connectivity index (χ1n) is 5.19. The van der Waals surface area contributed by atoms with Crippen LogP contribution in [0.2, 0.25) is 0 Å². The molecular formula is C13H14N2O. The van der Waals surface area contributed by atoms with E-state index in [0.717, 1.165) is 22.6 Å². The van der Waals surface area contributed by atoms with Crippen LogP contribution in [0.5, 0.6) is 5.75 Å². The van der Waals surface area contributed by atoms with Crippen molar-refractivity contribution < 1.29 is 4.74 Å². The van der Waals surface area contributed by atoms with Crippen LogP contribution in [0.4, 0.5) is 0 Å². The number of ether oxygens (including phenoxy) is 1. The van der Waals surface area contributed by atoms with Crippen molar-refractivity contribution in [2.24, 2.45) is 0 Å². The molecule has 0 fully saturated rings. The van der Waals surface area contributed by atoms with Gasteiger partial charge in [0.25, 0.3) is 0 Å². The van der Waals surface area contributed by atoms with E-state index in [9.17, 15) is 0 Å². The molecule has 2 rings (SSSR count). The second-order valence-electron chi connectivity index (χ2n) is 4.05. The smallest absolute Gasteiger partial charge is 0.207 e. The number of hydrogen-bond donors (Lipinski definition) is 0. The molecule has 0 spiro atoms. The number of fused-ring (bicyclic) bond motifs is 1. The highest BCUT2D eigenvalue weighted by atomic mass is 16.5. The van der Waals surface area contributed by atoms with Gasteiger partial charge < -0.3 is 9.64 Å². The summed E-state index contributed by atoms with van der Waals surface area (Å²) in [5.41, 5.74) is 3.09. The molecule has 3 nitrogen and oxygen atoms in total. The topological polar surface area (TPSA) is 36.3 Å². The average molecular weight is 214 g/mol. The highest BCUT2D eigenvalue weighted by molar-refractivity contribution is 5.74. The molecule has 0 bridgehead atoms. The molecule has 0 aliphatic carbocycles. The van der Waals surface area contributed by atoms with E-state index < -0.39 is 6.10 Å². The lowest BCUT2D eigenvalue weighted by molar-refractivity contribution is 0.280. The van der Waals surface area contributed by atoms with E-state index in [4.69, 9.17) is 10.00 Å². The highest BCUT2D eigenvalue weighted by Gasteiger charge is 2.26. The number of hydrogen-bond acceptors (Lipinski definition) is 3. The van der Waals surface area contributed by atoms with E-state index in [-0.39, 0.29) is 0 Å². The zero-order valence-electron chi connectivity index (χ0n) is 9.69. The minimum Gasteiger partial charge on any atom is -0.470 e. The van der Waals surface area contributed by atoms with Gasteiger partial charge in [-0.15, -0.1) is 0 Å². The van der Waals surface area contributed by atoms with Crippen molar-refractivity contribution in [2.45, 2.75) is 13.0 Å². The molecule has 0 saturated heterocycles. The van der Waals surface area contributed by atoms with Gasteiger partial charge >= 0.3 is 0 Å². The van der Waals surface area contributed by atoms with Crippen LogP contribution in [-0.4, -0.2) is 25.1 Å². The first-order valence-corrected chi connectivity index (χ1v) is 5.19. The Morgan fingerprint density at radius 1 is 1.31 bits per heavy atom. The largest absolute Gasteiger partial charge is 0.470 e. The molecule has 1 heterocycles. The summed E-state index contributed by atoms with van der Waals surface area (Å²) in [6.45, 7) is 1.94. The molecule has 0 amide bonds. The van der Waals surface area contributed by atoms with Gasteiger partial charge in [-0.05, 0) is 19.1 Å². The van der Waals surface area contributed by atoms with Gasteiger partial charge in [0.05, 0.1) is 5.70 Å². The van der Waals surface area contributed by atoms with Crippen molar-refractivity contribution in [3.05, 3.63) is 35.4 Å². The summed E-state index contributed by atoms with van der Waals surface area (Å²) in [4.78, 5) is 2.03. The predicted molar refractivity (Wildman–Crippen MR) is 62.8 cm³/mol. The Balaban J connectivity index is 2.63. The summed E-state index contributed by atoms with van der Waals surface area (Å²) < 4.78 is 5.63. The van der Waals surface area contributed by atoms with Gasteiger partial charge in [-0.2, -0.15) is 5.26 Å². The highest BCUT2D eigenvalue weighted by Crippen LogP contribution is 2.36. The molecule has 16 heavy (non-hydrogen) atoms. The molecule has 1 aliphatic rings. The summed E-state index contributed by atoms with van der Waals surface area (Å²) >= 11 is 0. The quantitative estimate of drug-likeness (QED) is 0.719. The molecule has 82 valence electrons. The van der Waals surface area contributed by atoms with Crippen molar-refractivity contribution >= 4 is 5.70 Å². The number of benzene rings is 1. The third-order valence-corrected chi connectivity index (χ3v) is 2.72. The Labute approximate surface area is 95.6 Å². The number of para-hydroxylation sites is 1. The van der Waals surface area contributed by atoms with Gasteiger partial charge in [0, 0.05) is 25.2 Å². The zero-order chi connectivity index (χ0) is 11.7. The van der Waals surface area contributed by atoms with E-state index in [1.165, 1.54) is 0 Å². The fourth-order valence-electron chi connectivity index (χ4n) is 2.03. The minimum absolute atomic E-state index is 0.479. The van der Waals surface area contributed by atoms with Gasteiger partial charge in [-0.1, -0.05) is 12.1 Å². The van der Waals surface area contributed by atoms with Crippen LogP contribution in [-0.2, 0) is 0 Å². The Hall–Kier alpha value is -1.95. The normalized spacial score (nSPS) is 18.5. The van der Waals surface area contributed by atoms with Crippen LogP contribution in [0.25, 0.3) is 5.70 Å². The fraction of sp³-hybridized carbons (Fsp3) is 0.308. The molecule has 1 aliphatic heterocycles. The van der Waals surface area contributed by atoms with E-state index in [1.54, 1.807) is 0 Å². The predicted octanol–water partition coefficient (Wildman–Crippen LogP) is 2.26.